The quantitative estimate of drug-likeness (QED) is 0.182. The summed E-state index contributed by atoms with van der Waals surface area (Å²) >= 11 is 0. The van der Waals surface area contributed by atoms with Gasteiger partial charge in [0.2, 0.25) is 0 Å². The fourth-order valence-electron chi connectivity index (χ4n) is 6.63. The minimum Gasteiger partial charge on any atom is -0.256 e. The molecule has 0 bridgehead atoms. The van der Waals surface area contributed by atoms with Crippen LogP contribution >= 0.6 is 0 Å². The van der Waals surface area contributed by atoms with E-state index in [4.69, 9.17) is 9.97 Å². The molecule has 3 aromatic heterocycles. The standard InChI is InChI=1S/C46H30N4/c1-2-8-31(9-3-1)32-16-22-35(23-17-32)42-30-43(36-24-18-33(19-25-36)40-14-4-10-37-12-6-28-47-44(37)40)50-46(49-42)39-26-20-34(21-27-39)41-15-5-11-38-13-7-29-48-45(38)41/h1-30H. The van der Waals surface area contributed by atoms with E-state index >= 15 is 0 Å². The molecule has 0 spiro atoms. The molecule has 234 valence electrons. The van der Waals surface area contributed by atoms with Gasteiger partial charge in [-0.25, -0.2) is 9.97 Å². The largest absolute Gasteiger partial charge is 0.256 e. The van der Waals surface area contributed by atoms with Crippen LogP contribution in [0.2, 0.25) is 0 Å². The molecule has 3 heterocycles. The lowest BCUT2D eigenvalue weighted by Gasteiger charge is -2.12. The summed E-state index contributed by atoms with van der Waals surface area (Å²) in [5, 5.41) is 2.25. The van der Waals surface area contributed by atoms with Gasteiger partial charge in [0.25, 0.3) is 0 Å². The summed E-state index contributed by atoms with van der Waals surface area (Å²) < 4.78 is 0. The van der Waals surface area contributed by atoms with E-state index in [1.165, 1.54) is 11.1 Å². The van der Waals surface area contributed by atoms with E-state index in [9.17, 15) is 0 Å². The number of fused-ring (bicyclic) bond motifs is 2. The van der Waals surface area contributed by atoms with Crippen molar-refractivity contribution in [3.05, 3.63) is 182 Å². The lowest BCUT2D eigenvalue weighted by atomic mass is 9.98. The van der Waals surface area contributed by atoms with Crippen LogP contribution in [0.3, 0.4) is 0 Å². The summed E-state index contributed by atoms with van der Waals surface area (Å²) in [6, 6.07) is 59.0. The highest BCUT2D eigenvalue weighted by atomic mass is 14.9. The molecule has 4 nitrogen and oxygen atoms in total. The number of aromatic nitrogens is 4. The number of hydrogen-bond donors (Lipinski definition) is 0. The highest BCUT2D eigenvalue weighted by molar-refractivity contribution is 5.95. The van der Waals surface area contributed by atoms with Crippen molar-refractivity contribution in [1.82, 2.24) is 19.9 Å². The van der Waals surface area contributed by atoms with Gasteiger partial charge in [0.05, 0.1) is 22.4 Å². The Morgan fingerprint density at radius 1 is 0.300 bits per heavy atom. The molecule has 9 aromatic rings. The fourth-order valence-corrected chi connectivity index (χ4v) is 6.63. The maximum absolute atomic E-state index is 5.13. The van der Waals surface area contributed by atoms with Crippen LogP contribution in [0.25, 0.3) is 89.1 Å². The van der Waals surface area contributed by atoms with Gasteiger partial charge in [0.1, 0.15) is 0 Å². The Balaban J connectivity index is 1.12. The predicted molar refractivity (Wildman–Crippen MR) is 205 cm³/mol. The molecule has 0 saturated carbocycles. The molecule has 0 aliphatic heterocycles. The van der Waals surface area contributed by atoms with E-state index in [1.54, 1.807) is 0 Å². The zero-order valence-corrected chi connectivity index (χ0v) is 27.1. The molecule has 9 rings (SSSR count). The molecule has 0 aliphatic rings. The van der Waals surface area contributed by atoms with E-state index in [-0.39, 0.29) is 0 Å². The molecule has 0 amide bonds. The van der Waals surface area contributed by atoms with Crippen molar-refractivity contribution in [3.8, 4) is 67.3 Å². The van der Waals surface area contributed by atoms with Gasteiger partial charge in [-0.05, 0) is 40.5 Å². The van der Waals surface area contributed by atoms with Crippen molar-refractivity contribution in [2.45, 2.75) is 0 Å². The molecule has 0 unspecified atom stereocenters. The predicted octanol–water partition coefficient (Wildman–Crippen LogP) is 11.6. The number of nitrogens with zero attached hydrogens (tertiary/aromatic N) is 4. The summed E-state index contributed by atoms with van der Waals surface area (Å²) in [5.41, 5.74) is 13.5. The van der Waals surface area contributed by atoms with Gasteiger partial charge in [0.15, 0.2) is 5.82 Å². The Bertz CT molecular complexity index is 2460. The Hall–Kier alpha value is -6.78. The van der Waals surface area contributed by atoms with Gasteiger partial charge in [-0.2, -0.15) is 0 Å². The van der Waals surface area contributed by atoms with E-state index in [0.717, 1.165) is 72.1 Å². The minimum atomic E-state index is 0.676. The second-order valence-corrected chi connectivity index (χ2v) is 12.3. The molecule has 0 saturated heterocycles. The highest BCUT2D eigenvalue weighted by Crippen LogP contribution is 2.33. The van der Waals surface area contributed by atoms with Gasteiger partial charge in [-0.3, -0.25) is 9.97 Å². The van der Waals surface area contributed by atoms with E-state index < -0.39 is 0 Å². The first-order valence-corrected chi connectivity index (χ1v) is 16.7. The van der Waals surface area contributed by atoms with Crippen molar-refractivity contribution in [2.24, 2.45) is 0 Å². The van der Waals surface area contributed by atoms with Crippen molar-refractivity contribution in [3.63, 3.8) is 0 Å². The summed E-state index contributed by atoms with van der Waals surface area (Å²) in [6.07, 6.45) is 3.70. The monoisotopic (exact) mass is 638 g/mol. The second-order valence-electron chi connectivity index (χ2n) is 12.3. The van der Waals surface area contributed by atoms with Crippen LogP contribution in [0.4, 0.5) is 0 Å². The molecule has 0 radical (unpaired) electrons. The molecular formula is C46H30N4. The van der Waals surface area contributed by atoms with Gasteiger partial charge in [-0.1, -0.05) is 152 Å². The lowest BCUT2D eigenvalue weighted by Crippen LogP contribution is -1.96. The maximum atomic E-state index is 5.13. The molecule has 0 fully saturated rings. The molecule has 50 heavy (non-hydrogen) atoms. The van der Waals surface area contributed by atoms with Crippen LogP contribution in [0.1, 0.15) is 0 Å². The van der Waals surface area contributed by atoms with E-state index in [0.29, 0.717) is 5.82 Å². The fraction of sp³-hybridized carbons (Fsp3) is 0. The average Bonchev–Trinajstić information content (AvgIpc) is 3.21. The van der Waals surface area contributed by atoms with Crippen LogP contribution in [0.15, 0.2) is 182 Å². The second kappa shape index (κ2) is 12.7. The van der Waals surface area contributed by atoms with Crippen LogP contribution in [0, 0.1) is 0 Å². The van der Waals surface area contributed by atoms with Crippen molar-refractivity contribution < 1.29 is 0 Å². The molecule has 4 heteroatoms. The molecule has 6 aromatic carbocycles. The number of benzene rings is 6. The summed E-state index contributed by atoms with van der Waals surface area (Å²) in [4.78, 5) is 19.6. The van der Waals surface area contributed by atoms with Crippen LogP contribution in [-0.2, 0) is 0 Å². The number of para-hydroxylation sites is 2. The Morgan fingerprint density at radius 2 is 0.720 bits per heavy atom. The van der Waals surface area contributed by atoms with E-state index in [1.807, 2.05) is 30.6 Å². The zero-order valence-electron chi connectivity index (χ0n) is 27.1. The SMILES string of the molecule is c1ccc(-c2ccc(-c3cc(-c4ccc(-c5cccc6cccnc56)cc4)nc(-c4ccc(-c5cccc6cccnc56)cc4)n3)cc2)cc1. The Kier molecular flexibility index (Phi) is 7.45. The Morgan fingerprint density at radius 3 is 1.24 bits per heavy atom. The third-order valence-corrected chi connectivity index (χ3v) is 9.23. The molecule has 0 aliphatic carbocycles. The number of hydrogen-bond acceptors (Lipinski definition) is 4. The average molecular weight is 639 g/mol. The van der Waals surface area contributed by atoms with Gasteiger partial charge < -0.3 is 0 Å². The van der Waals surface area contributed by atoms with Gasteiger partial charge in [-0.15, -0.1) is 0 Å². The van der Waals surface area contributed by atoms with Crippen molar-refractivity contribution >= 4 is 21.8 Å². The number of rotatable bonds is 6. The first-order chi connectivity index (χ1) is 24.8. The van der Waals surface area contributed by atoms with E-state index in [2.05, 4.69) is 162 Å². The Labute approximate surface area is 290 Å². The van der Waals surface area contributed by atoms with Crippen LogP contribution in [-0.4, -0.2) is 19.9 Å². The normalized spacial score (nSPS) is 11.2. The summed E-state index contributed by atoms with van der Waals surface area (Å²) in [6.45, 7) is 0. The van der Waals surface area contributed by atoms with Gasteiger partial charge >= 0.3 is 0 Å². The summed E-state index contributed by atoms with van der Waals surface area (Å²) in [5.74, 6) is 0.676. The smallest absolute Gasteiger partial charge is 0.160 e. The zero-order chi connectivity index (χ0) is 33.3. The highest BCUT2D eigenvalue weighted by Gasteiger charge is 2.13. The molecular weight excluding hydrogens is 609 g/mol. The molecule has 0 N–H and O–H groups in total. The van der Waals surface area contributed by atoms with Crippen LogP contribution < -0.4 is 0 Å². The summed E-state index contributed by atoms with van der Waals surface area (Å²) in [7, 11) is 0. The van der Waals surface area contributed by atoms with Gasteiger partial charge in [0, 0.05) is 51.0 Å². The lowest BCUT2D eigenvalue weighted by molar-refractivity contribution is 1.18. The maximum Gasteiger partial charge on any atom is 0.160 e. The topological polar surface area (TPSA) is 51.6 Å². The van der Waals surface area contributed by atoms with Crippen LogP contribution in [0.5, 0.6) is 0 Å². The first-order valence-electron chi connectivity index (χ1n) is 16.7. The minimum absolute atomic E-state index is 0.676. The third kappa shape index (κ3) is 5.59. The first kappa shape index (κ1) is 29.4. The third-order valence-electron chi connectivity index (χ3n) is 9.23. The van der Waals surface area contributed by atoms with Crippen molar-refractivity contribution in [2.75, 3.05) is 0 Å². The van der Waals surface area contributed by atoms with Crippen molar-refractivity contribution in [1.29, 1.82) is 0 Å². The molecule has 0 atom stereocenters. The number of pyridine rings is 2.